The van der Waals surface area contributed by atoms with Crippen molar-refractivity contribution in [1.82, 2.24) is 20.1 Å². The van der Waals surface area contributed by atoms with E-state index in [0.717, 1.165) is 57.7 Å². The van der Waals surface area contributed by atoms with Crippen LogP contribution in [-0.2, 0) is 6.54 Å². The van der Waals surface area contributed by atoms with Gasteiger partial charge in [0.15, 0.2) is 0 Å². The highest BCUT2D eigenvalue weighted by molar-refractivity contribution is 5.74. The Labute approximate surface area is 150 Å². The maximum atomic E-state index is 12.5. The summed E-state index contributed by atoms with van der Waals surface area (Å²) in [6.07, 6.45) is 4.63. The lowest BCUT2D eigenvalue weighted by atomic mass is 9.93. The smallest absolute Gasteiger partial charge is 0.317 e. The Bertz CT molecular complexity index is 546. The third-order valence-electron chi connectivity index (χ3n) is 5.57. The zero-order valence-electron chi connectivity index (χ0n) is 15.1. The number of aromatic nitrogens is 1. The van der Waals surface area contributed by atoms with Crippen molar-refractivity contribution >= 4 is 6.03 Å². The summed E-state index contributed by atoms with van der Waals surface area (Å²) in [5.74, 6) is 0.786. The van der Waals surface area contributed by atoms with Crippen LogP contribution >= 0.6 is 0 Å². The molecular formula is C19H30N4O2. The number of carbonyl (C=O) groups excluding carboxylic acids is 1. The third-order valence-corrected chi connectivity index (χ3v) is 5.57. The number of aliphatic hydroxyl groups is 1. The van der Waals surface area contributed by atoms with Gasteiger partial charge in [-0.3, -0.25) is 9.88 Å². The number of hydrogen-bond acceptors (Lipinski definition) is 4. The lowest BCUT2D eigenvalue weighted by Crippen LogP contribution is -2.54. The zero-order chi connectivity index (χ0) is 17.6. The van der Waals surface area contributed by atoms with Crippen molar-refractivity contribution in [2.45, 2.75) is 38.8 Å². The molecule has 6 heteroatoms. The summed E-state index contributed by atoms with van der Waals surface area (Å²) in [6, 6.07) is 6.33. The van der Waals surface area contributed by atoms with Gasteiger partial charge in [-0.1, -0.05) is 13.0 Å². The van der Waals surface area contributed by atoms with Gasteiger partial charge < -0.3 is 15.3 Å². The van der Waals surface area contributed by atoms with Crippen LogP contribution in [0.3, 0.4) is 0 Å². The Kier molecular flexibility index (Phi) is 6.26. The molecule has 0 radical (unpaired) electrons. The van der Waals surface area contributed by atoms with Crippen molar-refractivity contribution < 1.29 is 9.90 Å². The number of urea groups is 1. The second kappa shape index (κ2) is 8.63. The highest BCUT2D eigenvalue weighted by atomic mass is 16.3. The second-order valence-electron chi connectivity index (χ2n) is 7.49. The number of rotatable bonds is 4. The Hall–Kier alpha value is -1.66. The Morgan fingerprint density at radius 1 is 1.28 bits per heavy atom. The van der Waals surface area contributed by atoms with Crippen LogP contribution in [0.4, 0.5) is 4.79 Å². The van der Waals surface area contributed by atoms with Crippen LogP contribution in [0, 0.1) is 11.8 Å². The summed E-state index contributed by atoms with van der Waals surface area (Å²) in [5, 5.41) is 12.5. The molecule has 2 fully saturated rings. The molecular weight excluding hydrogens is 316 g/mol. The van der Waals surface area contributed by atoms with E-state index < -0.39 is 0 Å². The van der Waals surface area contributed by atoms with E-state index in [-0.39, 0.29) is 18.7 Å². The molecule has 2 saturated heterocycles. The topological polar surface area (TPSA) is 68.7 Å². The van der Waals surface area contributed by atoms with E-state index >= 15 is 0 Å². The van der Waals surface area contributed by atoms with Crippen molar-refractivity contribution in [3.63, 3.8) is 0 Å². The summed E-state index contributed by atoms with van der Waals surface area (Å²) in [7, 11) is 0. The maximum Gasteiger partial charge on any atom is 0.317 e. The molecule has 2 N–H and O–H groups in total. The third kappa shape index (κ3) is 4.92. The molecule has 0 spiro atoms. The highest BCUT2D eigenvalue weighted by Gasteiger charge is 2.30. The maximum absolute atomic E-state index is 12.5. The number of pyridine rings is 1. The van der Waals surface area contributed by atoms with Crippen molar-refractivity contribution in [3.05, 3.63) is 30.1 Å². The minimum Gasteiger partial charge on any atom is -0.396 e. The quantitative estimate of drug-likeness (QED) is 0.871. The van der Waals surface area contributed by atoms with E-state index in [0.29, 0.717) is 11.8 Å². The SMILES string of the molecule is CC1CN(Cc2ccccn2)CCC1NC(=O)N1CCC(CO)CC1. The van der Waals surface area contributed by atoms with Gasteiger partial charge in [0.2, 0.25) is 0 Å². The van der Waals surface area contributed by atoms with Gasteiger partial charge in [-0.05, 0) is 43.2 Å². The van der Waals surface area contributed by atoms with E-state index in [4.69, 9.17) is 0 Å². The Morgan fingerprint density at radius 3 is 2.72 bits per heavy atom. The lowest BCUT2D eigenvalue weighted by Gasteiger charge is -2.39. The number of likely N-dealkylation sites (tertiary alicyclic amines) is 2. The summed E-state index contributed by atoms with van der Waals surface area (Å²) >= 11 is 0. The molecule has 2 aliphatic heterocycles. The fourth-order valence-corrected chi connectivity index (χ4v) is 3.88. The van der Waals surface area contributed by atoms with E-state index in [1.807, 2.05) is 23.2 Å². The van der Waals surface area contributed by atoms with E-state index in [2.05, 4.69) is 28.2 Å². The summed E-state index contributed by atoms with van der Waals surface area (Å²) < 4.78 is 0. The van der Waals surface area contributed by atoms with E-state index in [9.17, 15) is 9.90 Å². The van der Waals surface area contributed by atoms with Gasteiger partial charge in [0.05, 0.1) is 5.69 Å². The molecule has 138 valence electrons. The number of hydrogen-bond donors (Lipinski definition) is 2. The molecule has 3 rings (SSSR count). The lowest BCUT2D eigenvalue weighted by molar-refractivity contribution is 0.117. The van der Waals surface area contributed by atoms with Crippen molar-refractivity contribution in [3.8, 4) is 0 Å². The van der Waals surface area contributed by atoms with Gasteiger partial charge in [0, 0.05) is 51.6 Å². The highest BCUT2D eigenvalue weighted by Crippen LogP contribution is 2.20. The van der Waals surface area contributed by atoms with Crippen LogP contribution in [0.5, 0.6) is 0 Å². The molecule has 0 aliphatic carbocycles. The number of nitrogens with one attached hydrogen (secondary N) is 1. The Morgan fingerprint density at radius 2 is 2.08 bits per heavy atom. The molecule has 1 aromatic rings. The first-order valence-electron chi connectivity index (χ1n) is 9.44. The van der Waals surface area contributed by atoms with Gasteiger partial charge in [0.25, 0.3) is 0 Å². The summed E-state index contributed by atoms with van der Waals surface area (Å²) in [4.78, 5) is 21.2. The second-order valence-corrected chi connectivity index (χ2v) is 7.49. The minimum atomic E-state index is 0.0615. The molecule has 2 aliphatic rings. The average Bonchev–Trinajstić information content (AvgIpc) is 2.65. The van der Waals surface area contributed by atoms with Gasteiger partial charge in [0.1, 0.15) is 0 Å². The first-order valence-corrected chi connectivity index (χ1v) is 9.44. The fourth-order valence-electron chi connectivity index (χ4n) is 3.88. The predicted molar refractivity (Wildman–Crippen MR) is 97.0 cm³/mol. The van der Waals surface area contributed by atoms with Crippen LogP contribution < -0.4 is 5.32 Å². The molecule has 2 unspecified atom stereocenters. The predicted octanol–water partition coefficient (Wildman–Crippen LogP) is 1.71. The number of piperidine rings is 2. The molecule has 0 aromatic carbocycles. The van der Waals surface area contributed by atoms with Gasteiger partial charge >= 0.3 is 6.03 Å². The minimum absolute atomic E-state index is 0.0615. The molecule has 1 aromatic heterocycles. The van der Waals surface area contributed by atoms with Crippen molar-refractivity contribution in [1.29, 1.82) is 0 Å². The van der Waals surface area contributed by atoms with Crippen LogP contribution in [0.15, 0.2) is 24.4 Å². The largest absolute Gasteiger partial charge is 0.396 e. The molecule has 3 heterocycles. The van der Waals surface area contributed by atoms with Gasteiger partial charge in [-0.2, -0.15) is 0 Å². The molecule has 6 nitrogen and oxygen atoms in total. The first kappa shape index (κ1) is 18.1. The molecule has 25 heavy (non-hydrogen) atoms. The standard InChI is InChI=1S/C19H30N4O2/c1-15-12-22(13-17-4-2-3-8-20-17)9-7-18(15)21-19(25)23-10-5-16(14-24)6-11-23/h2-4,8,15-16,18,24H,5-7,9-14H2,1H3,(H,21,25). The number of amides is 2. The molecule has 2 amide bonds. The first-order chi connectivity index (χ1) is 12.2. The number of nitrogens with zero attached hydrogens (tertiary/aromatic N) is 3. The Balaban J connectivity index is 1.44. The summed E-state index contributed by atoms with van der Waals surface area (Å²) in [6.45, 7) is 6.80. The normalized spacial score (nSPS) is 25.8. The van der Waals surface area contributed by atoms with Crippen LogP contribution in [0.1, 0.15) is 31.9 Å². The van der Waals surface area contributed by atoms with E-state index in [1.165, 1.54) is 0 Å². The zero-order valence-corrected chi connectivity index (χ0v) is 15.1. The van der Waals surface area contributed by atoms with Gasteiger partial charge in [-0.25, -0.2) is 4.79 Å². The average molecular weight is 346 g/mol. The number of carbonyl (C=O) groups is 1. The van der Waals surface area contributed by atoms with Crippen molar-refractivity contribution in [2.24, 2.45) is 11.8 Å². The molecule has 2 atom stereocenters. The molecule has 0 bridgehead atoms. The fraction of sp³-hybridized carbons (Fsp3) is 0.684. The summed E-state index contributed by atoms with van der Waals surface area (Å²) in [5.41, 5.74) is 1.10. The number of aliphatic hydroxyl groups excluding tert-OH is 1. The van der Waals surface area contributed by atoms with Gasteiger partial charge in [-0.15, -0.1) is 0 Å². The van der Waals surface area contributed by atoms with Crippen molar-refractivity contribution in [2.75, 3.05) is 32.8 Å². The van der Waals surface area contributed by atoms with Crippen LogP contribution in [0.2, 0.25) is 0 Å². The van der Waals surface area contributed by atoms with Crippen LogP contribution in [-0.4, -0.2) is 64.7 Å². The molecule has 0 saturated carbocycles. The monoisotopic (exact) mass is 346 g/mol. The van der Waals surface area contributed by atoms with Crippen LogP contribution in [0.25, 0.3) is 0 Å². The van der Waals surface area contributed by atoms with E-state index in [1.54, 1.807) is 0 Å².